The van der Waals surface area contributed by atoms with Gasteiger partial charge in [0.25, 0.3) is 0 Å². The number of benzene rings is 7. The summed E-state index contributed by atoms with van der Waals surface area (Å²) < 4.78 is 4.85. The van der Waals surface area contributed by atoms with Gasteiger partial charge in [0.1, 0.15) is 6.17 Å². The van der Waals surface area contributed by atoms with Gasteiger partial charge in [-0.15, -0.1) is 19.7 Å². The Hall–Kier alpha value is -8.70. The van der Waals surface area contributed by atoms with Crippen molar-refractivity contribution in [1.82, 2.24) is 19.8 Å². The number of rotatable bonds is 7. The van der Waals surface area contributed by atoms with E-state index < -0.39 is 0 Å². The van der Waals surface area contributed by atoms with Gasteiger partial charge in [0.05, 0.1) is 22.6 Å². The van der Waals surface area contributed by atoms with Crippen LogP contribution in [0.3, 0.4) is 0 Å². The maximum Gasteiger partial charge on any atom is 0.104 e. The van der Waals surface area contributed by atoms with Gasteiger partial charge in [0, 0.05) is 44.5 Å². The van der Waals surface area contributed by atoms with Crippen LogP contribution in [0.15, 0.2) is 256 Å². The largest absolute Gasteiger partial charge is 0.365 e. The zero-order valence-electron chi connectivity index (χ0n) is 46.6. The number of para-hydroxylation sites is 1. The van der Waals surface area contributed by atoms with Gasteiger partial charge in [-0.05, 0) is 138 Å². The lowest BCUT2D eigenvalue weighted by atomic mass is 9.90. The van der Waals surface area contributed by atoms with Crippen molar-refractivity contribution in [2.24, 2.45) is 0 Å². The molecule has 4 aliphatic rings. The van der Waals surface area contributed by atoms with E-state index >= 15 is 0 Å². The second kappa shape index (κ2) is 26.9. The van der Waals surface area contributed by atoms with E-state index in [0.29, 0.717) is 0 Å². The minimum atomic E-state index is -0.0109. The lowest BCUT2D eigenvalue weighted by Crippen LogP contribution is -2.45. The number of nitrogens with one attached hydrogen (secondary N) is 2. The molecule has 4 heteroatoms. The van der Waals surface area contributed by atoms with Crippen LogP contribution < -0.4 is 10.6 Å². The third-order valence-electron chi connectivity index (χ3n) is 14.4. The fourth-order valence-corrected chi connectivity index (χ4v) is 11.0. The molecule has 3 aliphatic carbocycles. The Morgan fingerprint density at radius 2 is 1.22 bits per heavy atom. The molecule has 13 rings (SSSR count). The van der Waals surface area contributed by atoms with E-state index in [2.05, 4.69) is 271 Å². The molecule has 78 heavy (non-hydrogen) atoms. The monoisotopic (exact) mass is 1020 g/mol. The van der Waals surface area contributed by atoms with Crippen LogP contribution in [-0.2, 0) is 6.42 Å². The van der Waals surface area contributed by atoms with E-state index in [1.54, 1.807) is 6.08 Å². The Morgan fingerprint density at radius 3 is 1.88 bits per heavy atom. The summed E-state index contributed by atoms with van der Waals surface area (Å²) in [5.41, 5.74) is 18.5. The fraction of sp³-hybridized carbons (Fsp3) is 0.162. The van der Waals surface area contributed by atoms with E-state index in [4.69, 9.17) is 0 Å². The first-order chi connectivity index (χ1) is 38.6. The van der Waals surface area contributed by atoms with Crippen molar-refractivity contribution < 1.29 is 0 Å². The Balaban J connectivity index is 0.000000480. The molecule has 7 aromatic carbocycles. The standard InChI is InChI=1S/C59H46N4.C6H8.C3H6.2C2H6.C2H4/c1-3-45(4-2)62-55-34-30-44(37-51(55)57-47-17-9-8-14-40(47)28-35-56(57)62)43-29-33-54-50(36-43)48-18-11-13-21-53(48)63(54)46-31-26-39(27-32-46)38-22-24-42(25-23-38)59-60-52-20-12-10-19-49(52)58(61-59)41-15-6-5-7-16-41;1-2-4-6-5-3-1;1-3-2;3*1-2/h3-28,30-32,34-37,52,59-61H,1,29,33H2,2H3;1-4H,5-6H2;3H,1H2,2H3;2*1-2H3;1-2H2/b45-4+;;;;;. The van der Waals surface area contributed by atoms with E-state index in [1.807, 2.05) is 40.7 Å². The quantitative estimate of drug-likeness (QED) is 0.123. The molecular weight excluding hydrogens is 945 g/mol. The van der Waals surface area contributed by atoms with Crippen LogP contribution in [0, 0.1) is 0 Å². The highest BCUT2D eigenvalue weighted by molar-refractivity contribution is 6.22. The van der Waals surface area contributed by atoms with Crippen molar-refractivity contribution >= 4 is 66.5 Å². The van der Waals surface area contributed by atoms with Crippen molar-refractivity contribution in [2.75, 3.05) is 0 Å². The minimum Gasteiger partial charge on any atom is -0.365 e. The summed E-state index contributed by atoms with van der Waals surface area (Å²) >= 11 is 0. The molecule has 0 saturated heterocycles. The second-order valence-electron chi connectivity index (χ2n) is 18.7. The molecule has 1 aliphatic heterocycles. The Morgan fingerprint density at radius 1 is 0.590 bits per heavy atom. The Bertz CT molecular complexity index is 3740. The predicted molar refractivity (Wildman–Crippen MR) is 344 cm³/mol. The maximum absolute atomic E-state index is 4.17. The first-order valence-electron chi connectivity index (χ1n) is 27.9. The third-order valence-corrected chi connectivity index (χ3v) is 14.4. The van der Waals surface area contributed by atoms with Gasteiger partial charge in [-0.3, -0.25) is 5.32 Å². The molecule has 0 radical (unpaired) electrons. The Labute approximate surface area is 464 Å². The molecule has 392 valence electrons. The summed E-state index contributed by atoms with van der Waals surface area (Å²) in [6.45, 7) is 25.5. The zero-order valence-corrected chi connectivity index (χ0v) is 46.6. The minimum absolute atomic E-state index is 0.0109. The molecule has 3 heterocycles. The Kier molecular flexibility index (Phi) is 19.1. The van der Waals surface area contributed by atoms with Gasteiger partial charge in [0.2, 0.25) is 0 Å². The molecule has 2 aromatic heterocycles. The number of hydrogen-bond acceptors (Lipinski definition) is 2. The van der Waals surface area contributed by atoms with Gasteiger partial charge in [-0.2, -0.15) is 0 Å². The highest BCUT2D eigenvalue weighted by Gasteiger charge is 2.28. The van der Waals surface area contributed by atoms with Gasteiger partial charge >= 0.3 is 0 Å². The number of aromatic nitrogens is 2. The lowest BCUT2D eigenvalue weighted by molar-refractivity contribution is 0.460. The molecule has 0 amide bonds. The normalized spacial score (nSPS) is 15.8. The van der Waals surface area contributed by atoms with Crippen LogP contribution >= 0.6 is 0 Å². The molecular formula is C74H76N4. The zero-order chi connectivity index (χ0) is 55.0. The highest BCUT2D eigenvalue weighted by Crippen LogP contribution is 2.42. The van der Waals surface area contributed by atoms with Crippen LogP contribution in [0.4, 0.5) is 0 Å². The molecule has 2 atom stereocenters. The van der Waals surface area contributed by atoms with E-state index in [0.717, 1.165) is 18.5 Å². The van der Waals surface area contributed by atoms with Crippen molar-refractivity contribution in [2.45, 2.75) is 79.4 Å². The first-order valence-corrected chi connectivity index (χ1v) is 27.9. The summed E-state index contributed by atoms with van der Waals surface area (Å²) in [4.78, 5) is 0. The van der Waals surface area contributed by atoms with Crippen LogP contribution in [0.1, 0.15) is 94.9 Å². The summed E-state index contributed by atoms with van der Waals surface area (Å²) in [6, 6.07) is 58.1. The van der Waals surface area contributed by atoms with Crippen molar-refractivity contribution in [3.05, 3.63) is 284 Å². The molecule has 2 N–H and O–H groups in total. The molecule has 0 spiro atoms. The highest BCUT2D eigenvalue weighted by atomic mass is 15.2. The average molecular weight is 1020 g/mol. The smallest absolute Gasteiger partial charge is 0.104 e. The number of nitrogens with zero attached hydrogens (tertiary/aromatic N) is 2. The van der Waals surface area contributed by atoms with Gasteiger partial charge in [0.15, 0.2) is 0 Å². The van der Waals surface area contributed by atoms with Crippen molar-refractivity contribution in [3.63, 3.8) is 0 Å². The molecule has 9 aromatic rings. The van der Waals surface area contributed by atoms with E-state index in [9.17, 15) is 0 Å². The molecule has 4 nitrogen and oxygen atoms in total. The lowest BCUT2D eigenvalue weighted by Gasteiger charge is -2.36. The molecule has 2 unspecified atom stereocenters. The predicted octanol–water partition coefficient (Wildman–Crippen LogP) is 20.1. The maximum atomic E-state index is 4.17. The summed E-state index contributed by atoms with van der Waals surface area (Å²) in [7, 11) is 0. The van der Waals surface area contributed by atoms with Crippen LogP contribution in [0.2, 0.25) is 0 Å². The van der Waals surface area contributed by atoms with Crippen LogP contribution in [0.5, 0.6) is 0 Å². The molecule has 0 bridgehead atoms. The molecule has 0 saturated carbocycles. The average Bonchev–Trinajstić information content (AvgIpc) is 4.24. The fourth-order valence-electron chi connectivity index (χ4n) is 11.0. The third kappa shape index (κ3) is 11.4. The van der Waals surface area contributed by atoms with E-state index in [-0.39, 0.29) is 12.2 Å². The first kappa shape index (κ1) is 55.5. The van der Waals surface area contributed by atoms with E-state index in [1.165, 1.54) is 118 Å². The second-order valence-corrected chi connectivity index (χ2v) is 18.7. The molecule has 0 fully saturated rings. The number of hydrogen-bond donors (Lipinski definition) is 2. The number of fused-ring (bicyclic) bond motifs is 9. The van der Waals surface area contributed by atoms with Crippen LogP contribution in [0.25, 0.3) is 83.3 Å². The SMILES string of the molecule is C1=CCCC=C1.C=C.C=C/C(=C\C)n1c2ccc(C3=Cc4c(n(-c5ccc(-c6ccc(C7NC(c8ccccc8)=C8C=CC=CC8N7)cc6)cc5)c5ccccc45)CC3)cc2c2c3ccccc3ccc21.C=CC.CC.CC. The van der Waals surface area contributed by atoms with Gasteiger partial charge < -0.3 is 14.5 Å². The summed E-state index contributed by atoms with van der Waals surface area (Å²) in [5, 5.41) is 14.0. The van der Waals surface area contributed by atoms with Gasteiger partial charge in [-0.25, -0.2) is 0 Å². The summed E-state index contributed by atoms with van der Waals surface area (Å²) in [6.07, 6.45) is 29.9. The summed E-state index contributed by atoms with van der Waals surface area (Å²) in [5.74, 6) is 0. The van der Waals surface area contributed by atoms with Crippen molar-refractivity contribution in [1.29, 1.82) is 0 Å². The van der Waals surface area contributed by atoms with Gasteiger partial charge in [-0.1, -0.05) is 216 Å². The van der Waals surface area contributed by atoms with Crippen molar-refractivity contribution in [3.8, 4) is 16.8 Å². The number of allylic oxidation sites excluding steroid dienone is 11. The van der Waals surface area contributed by atoms with Crippen LogP contribution in [-0.4, -0.2) is 15.2 Å². The topological polar surface area (TPSA) is 33.9 Å².